The Morgan fingerprint density at radius 3 is 2.27 bits per heavy atom. The molecule has 0 saturated heterocycles. The van der Waals surface area contributed by atoms with Crippen LogP contribution in [0, 0.1) is 0 Å². The summed E-state index contributed by atoms with van der Waals surface area (Å²) in [7, 11) is 0. The standard InChI is InChI=1S/C20H37N7O2.HI/c1-5-21-18(22-12-6-7-13-27-14-23-24-15-27)25-16-8-10-17(11-9-16)26-19(28)29-20(2,3)4;/h14-17H,5-13H2,1-4H3,(H,26,28)(H2,21,22,25);1H. The second-order valence-corrected chi connectivity index (χ2v) is 8.51. The smallest absolute Gasteiger partial charge is 0.407 e. The number of aromatic nitrogens is 3. The predicted octanol–water partition coefficient (Wildman–Crippen LogP) is 3.07. The first-order valence-electron chi connectivity index (χ1n) is 10.7. The fourth-order valence-corrected chi connectivity index (χ4v) is 3.30. The number of nitrogens with zero attached hydrogens (tertiary/aromatic N) is 4. The van der Waals surface area contributed by atoms with Gasteiger partial charge < -0.3 is 25.3 Å². The highest BCUT2D eigenvalue weighted by Gasteiger charge is 2.25. The van der Waals surface area contributed by atoms with Crippen LogP contribution in [0.2, 0.25) is 0 Å². The number of alkyl carbamates (subject to hydrolysis) is 1. The summed E-state index contributed by atoms with van der Waals surface area (Å²) in [6.45, 7) is 10.2. The topological polar surface area (TPSA) is 105 Å². The summed E-state index contributed by atoms with van der Waals surface area (Å²) in [5, 5.41) is 17.5. The number of carbonyl (C=O) groups is 1. The molecule has 3 N–H and O–H groups in total. The molecule has 9 nitrogen and oxygen atoms in total. The van der Waals surface area contributed by atoms with Gasteiger partial charge in [0.25, 0.3) is 0 Å². The zero-order valence-electron chi connectivity index (χ0n) is 18.7. The van der Waals surface area contributed by atoms with Crippen LogP contribution in [0.15, 0.2) is 17.6 Å². The average molecular weight is 535 g/mol. The van der Waals surface area contributed by atoms with Crippen LogP contribution in [-0.2, 0) is 11.3 Å². The predicted molar refractivity (Wildman–Crippen MR) is 129 cm³/mol. The van der Waals surface area contributed by atoms with Crippen molar-refractivity contribution >= 4 is 36.0 Å². The molecule has 0 radical (unpaired) electrons. The van der Waals surface area contributed by atoms with E-state index in [0.717, 1.165) is 64.1 Å². The van der Waals surface area contributed by atoms with E-state index in [2.05, 4.69) is 33.1 Å². The Morgan fingerprint density at radius 1 is 1.10 bits per heavy atom. The van der Waals surface area contributed by atoms with Gasteiger partial charge in [-0.05, 0) is 66.2 Å². The number of aliphatic imine (C=N–C) groups is 1. The van der Waals surface area contributed by atoms with Crippen molar-refractivity contribution in [1.29, 1.82) is 0 Å². The Kier molecular flexibility index (Phi) is 12.0. The van der Waals surface area contributed by atoms with Crippen LogP contribution in [-0.4, -0.2) is 57.6 Å². The summed E-state index contributed by atoms with van der Waals surface area (Å²) in [6, 6.07) is 0.557. The molecule has 1 aromatic rings. The van der Waals surface area contributed by atoms with E-state index >= 15 is 0 Å². The number of nitrogens with one attached hydrogen (secondary N) is 3. The normalized spacial score (nSPS) is 19.5. The van der Waals surface area contributed by atoms with Crippen molar-refractivity contribution < 1.29 is 9.53 Å². The van der Waals surface area contributed by atoms with Gasteiger partial charge in [-0.25, -0.2) is 4.79 Å². The molecular weight excluding hydrogens is 497 g/mol. The third-order valence-electron chi connectivity index (χ3n) is 4.69. The van der Waals surface area contributed by atoms with Gasteiger partial charge in [0.05, 0.1) is 0 Å². The highest BCUT2D eigenvalue weighted by atomic mass is 127. The largest absolute Gasteiger partial charge is 0.444 e. The molecule has 172 valence electrons. The number of hydrogen-bond donors (Lipinski definition) is 3. The third kappa shape index (κ3) is 11.0. The van der Waals surface area contributed by atoms with Gasteiger partial charge >= 0.3 is 6.09 Å². The molecule has 0 spiro atoms. The van der Waals surface area contributed by atoms with Crippen molar-refractivity contribution in [3.8, 4) is 0 Å². The molecule has 1 amide bonds. The minimum atomic E-state index is -0.463. The maximum absolute atomic E-state index is 11.9. The van der Waals surface area contributed by atoms with Gasteiger partial charge in [-0.2, -0.15) is 0 Å². The molecule has 0 bridgehead atoms. The lowest BCUT2D eigenvalue weighted by atomic mass is 9.91. The molecule has 0 unspecified atom stereocenters. The highest BCUT2D eigenvalue weighted by molar-refractivity contribution is 14.0. The van der Waals surface area contributed by atoms with Gasteiger partial charge in [0.1, 0.15) is 18.3 Å². The van der Waals surface area contributed by atoms with Crippen LogP contribution >= 0.6 is 24.0 Å². The third-order valence-corrected chi connectivity index (χ3v) is 4.69. The fraction of sp³-hybridized carbons (Fsp3) is 0.800. The molecule has 1 aliphatic rings. The summed E-state index contributed by atoms with van der Waals surface area (Å²) >= 11 is 0. The van der Waals surface area contributed by atoms with E-state index in [9.17, 15) is 4.79 Å². The minimum Gasteiger partial charge on any atom is -0.444 e. The van der Waals surface area contributed by atoms with Gasteiger partial charge in [0.2, 0.25) is 0 Å². The van der Waals surface area contributed by atoms with Crippen molar-refractivity contribution in [3.63, 3.8) is 0 Å². The van der Waals surface area contributed by atoms with Gasteiger partial charge in [-0.1, -0.05) is 0 Å². The maximum atomic E-state index is 11.9. The van der Waals surface area contributed by atoms with Gasteiger partial charge in [-0.15, -0.1) is 34.2 Å². The molecule has 10 heteroatoms. The number of ether oxygens (including phenoxy) is 1. The van der Waals surface area contributed by atoms with E-state index < -0.39 is 5.60 Å². The second kappa shape index (κ2) is 13.7. The van der Waals surface area contributed by atoms with Gasteiger partial charge in [0, 0.05) is 31.7 Å². The lowest BCUT2D eigenvalue weighted by molar-refractivity contribution is 0.0490. The zero-order valence-corrected chi connectivity index (χ0v) is 21.0. The fourth-order valence-electron chi connectivity index (χ4n) is 3.30. The Balaban J connectivity index is 0.00000450. The minimum absolute atomic E-state index is 0. The van der Waals surface area contributed by atoms with Crippen molar-refractivity contribution in [1.82, 2.24) is 30.7 Å². The van der Waals surface area contributed by atoms with Crippen LogP contribution < -0.4 is 16.0 Å². The molecule has 1 heterocycles. The lowest BCUT2D eigenvalue weighted by Crippen LogP contribution is -2.48. The molecule has 0 aliphatic heterocycles. The zero-order chi connectivity index (χ0) is 21.1. The van der Waals surface area contributed by atoms with E-state index in [1.165, 1.54) is 0 Å². The molecule has 0 atom stereocenters. The summed E-state index contributed by atoms with van der Waals surface area (Å²) < 4.78 is 7.33. The number of rotatable bonds is 8. The van der Waals surface area contributed by atoms with Gasteiger partial charge in [0.15, 0.2) is 5.96 Å². The summed E-state index contributed by atoms with van der Waals surface area (Å²) in [6.07, 6.45) is 9.09. The van der Waals surface area contributed by atoms with E-state index in [4.69, 9.17) is 9.73 Å². The van der Waals surface area contributed by atoms with E-state index in [0.29, 0.717) is 6.04 Å². The number of hydrogen-bond acceptors (Lipinski definition) is 5. The molecule has 1 aromatic heterocycles. The van der Waals surface area contributed by atoms with Crippen molar-refractivity contribution in [2.24, 2.45) is 4.99 Å². The first-order valence-corrected chi connectivity index (χ1v) is 10.7. The lowest BCUT2D eigenvalue weighted by Gasteiger charge is -2.31. The summed E-state index contributed by atoms with van der Waals surface area (Å²) in [5.41, 5.74) is -0.463. The Hall–Kier alpha value is -1.59. The molecule has 2 rings (SSSR count). The number of unbranched alkanes of at least 4 members (excludes halogenated alkanes) is 1. The maximum Gasteiger partial charge on any atom is 0.407 e. The van der Waals surface area contributed by atoms with Crippen LogP contribution in [0.3, 0.4) is 0 Å². The van der Waals surface area contributed by atoms with E-state index in [1.807, 2.05) is 25.3 Å². The quantitative estimate of drug-likeness (QED) is 0.205. The highest BCUT2D eigenvalue weighted by Crippen LogP contribution is 2.19. The molecular formula is C20H38IN7O2. The first-order chi connectivity index (χ1) is 13.9. The van der Waals surface area contributed by atoms with Crippen molar-refractivity contribution in [2.45, 2.75) is 90.4 Å². The summed E-state index contributed by atoms with van der Waals surface area (Å²) in [4.78, 5) is 16.6. The van der Waals surface area contributed by atoms with Crippen molar-refractivity contribution in [3.05, 3.63) is 12.7 Å². The Labute approximate surface area is 197 Å². The van der Waals surface area contributed by atoms with Gasteiger partial charge in [-0.3, -0.25) is 4.99 Å². The van der Waals surface area contributed by atoms with E-state index in [-0.39, 0.29) is 36.1 Å². The molecule has 0 aromatic carbocycles. The Morgan fingerprint density at radius 2 is 1.70 bits per heavy atom. The second-order valence-electron chi connectivity index (χ2n) is 8.51. The number of amides is 1. The molecule has 1 aliphatic carbocycles. The molecule has 1 saturated carbocycles. The summed E-state index contributed by atoms with van der Waals surface area (Å²) in [5.74, 6) is 0.875. The molecule has 30 heavy (non-hydrogen) atoms. The van der Waals surface area contributed by atoms with Crippen LogP contribution in [0.1, 0.15) is 66.2 Å². The van der Waals surface area contributed by atoms with Crippen molar-refractivity contribution in [2.75, 3.05) is 13.1 Å². The number of halogens is 1. The van der Waals surface area contributed by atoms with E-state index in [1.54, 1.807) is 12.7 Å². The SMILES string of the molecule is CCNC(=NCCCCn1cnnc1)NC1CCC(NC(=O)OC(C)(C)C)CC1.I. The molecule has 1 fully saturated rings. The van der Waals surface area contributed by atoms with Crippen LogP contribution in [0.4, 0.5) is 4.79 Å². The monoisotopic (exact) mass is 535 g/mol. The Bertz CT molecular complexity index is 624. The average Bonchev–Trinajstić information content (AvgIpc) is 3.15. The van der Waals surface area contributed by atoms with Crippen LogP contribution in [0.5, 0.6) is 0 Å². The number of guanidine groups is 1. The first kappa shape index (κ1) is 26.4. The number of aryl methyl sites for hydroxylation is 1. The van der Waals surface area contributed by atoms with Crippen LogP contribution in [0.25, 0.3) is 0 Å². The number of carbonyl (C=O) groups excluding carboxylic acids is 1.